The van der Waals surface area contributed by atoms with Crippen LogP contribution in [0, 0.1) is 11.6 Å². The van der Waals surface area contributed by atoms with Crippen LogP contribution >= 0.6 is 0 Å². The number of rotatable bonds is 5. The molecule has 0 aromatic heterocycles. The highest BCUT2D eigenvalue weighted by molar-refractivity contribution is 7.89. The van der Waals surface area contributed by atoms with E-state index in [4.69, 9.17) is 5.11 Å². The lowest BCUT2D eigenvalue weighted by atomic mass is 10.0. The van der Waals surface area contributed by atoms with Gasteiger partial charge >= 0.3 is 0 Å². The van der Waals surface area contributed by atoms with Gasteiger partial charge in [0, 0.05) is 18.2 Å². The van der Waals surface area contributed by atoms with E-state index in [0.29, 0.717) is 6.07 Å². The summed E-state index contributed by atoms with van der Waals surface area (Å²) in [5.74, 6) is -2.00. The van der Waals surface area contributed by atoms with Gasteiger partial charge in [-0.3, -0.25) is 0 Å². The van der Waals surface area contributed by atoms with E-state index in [-0.39, 0.29) is 13.0 Å². The Bertz CT molecular complexity index is 529. The number of hydrogen-bond acceptors (Lipinski definition) is 3. The lowest BCUT2D eigenvalue weighted by Crippen LogP contribution is -2.44. The van der Waals surface area contributed by atoms with E-state index in [0.717, 1.165) is 12.1 Å². The van der Waals surface area contributed by atoms with Crippen LogP contribution in [0.5, 0.6) is 0 Å². The van der Waals surface area contributed by atoms with Crippen molar-refractivity contribution in [2.45, 2.75) is 30.7 Å². The van der Waals surface area contributed by atoms with E-state index in [1.165, 1.54) is 0 Å². The van der Waals surface area contributed by atoms with Crippen LogP contribution in [0.25, 0.3) is 0 Å². The number of nitrogens with one attached hydrogen (secondary N) is 1. The molecule has 1 aromatic rings. The maximum atomic E-state index is 13.4. The second kappa shape index (κ2) is 5.29. The molecule has 0 heterocycles. The molecular weight excluding hydrogens is 264 g/mol. The van der Waals surface area contributed by atoms with Crippen LogP contribution in [-0.4, -0.2) is 25.7 Å². The van der Waals surface area contributed by atoms with Gasteiger partial charge in [0.25, 0.3) is 0 Å². The molecule has 0 bridgehead atoms. The topological polar surface area (TPSA) is 66.4 Å². The lowest BCUT2D eigenvalue weighted by Gasteiger charge is -2.25. The van der Waals surface area contributed by atoms with Crippen molar-refractivity contribution in [3.63, 3.8) is 0 Å². The summed E-state index contributed by atoms with van der Waals surface area (Å²) in [6.07, 6.45) is 0.176. The Balaban J connectivity index is 3.07. The predicted octanol–water partition coefficient (Wildman–Crippen LogP) is 1.40. The first-order valence-corrected chi connectivity index (χ1v) is 6.76. The third-order valence-electron chi connectivity index (χ3n) is 2.33. The van der Waals surface area contributed by atoms with Gasteiger partial charge in [0.15, 0.2) is 0 Å². The Kier molecular flexibility index (Phi) is 4.41. The van der Waals surface area contributed by atoms with Crippen LogP contribution in [0.15, 0.2) is 23.1 Å². The van der Waals surface area contributed by atoms with Gasteiger partial charge in [-0.25, -0.2) is 21.9 Å². The average Bonchev–Trinajstić information content (AvgIpc) is 2.14. The molecule has 0 aliphatic rings. The van der Waals surface area contributed by atoms with Crippen LogP contribution in [0.1, 0.15) is 20.3 Å². The molecule has 7 heteroatoms. The number of halogens is 2. The predicted molar refractivity (Wildman–Crippen MR) is 62.5 cm³/mol. The quantitative estimate of drug-likeness (QED) is 0.856. The molecule has 4 nitrogen and oxygen atoms in total. The summed E-state index contributed by atoms with van der Waals surface area (Å²) in [4.78, 5) is -0.616. The van der Waals surface area contributed by atoms with Crippen molar-refractivity contribution in [1.82, 2.24) is 4.72 Å². The second-order valence-electron chi connectivity index (χ2n) is 4.54. The molecular formula is C11H15F2NO3S. The zero-order valence-electron chi connectivity index (χ0n) is 10.1. The van der Waals surface area contributed by atoms with Gasteiger partial charge in [-0.05, 0) is 32.4 Å². The molecule has 0 aliphatic carbocycles. The van der Waals surface area contributed by atoms with Crippen LogP contribution in [0.3, 0.4) is 0 Å². The molecule has 0 radical (unpaired) electrons. The maximum absolute atomic E-state index is 13.4. The van der Waals surface area contributed by atoms with Crippen LogP contribution in [0.4, 0.5) is 8.78 Å². The molecule has 102 valence electrons. The highest BCUT2D eigenvalue weighted by atomic mass is 32.2. The monoisotopic (exact) mass is 279 g/mol. The Morgan fingerprint density at radius 3 is 2.44 bits per heavy atom. The van der Waals surface area contributed by atoms with Crippen LogP contribution < -0.4 is 4.72 Å². The van der Waals surface area contributed by atoms with E-state index in [1.807, 2.05) is 0 Å². The minimum Gasteiger partial charge on any atom is -0.396 e. The first-order valence-electron chi connectivity index (χ1n) is 5.28. The molecule has 0 saturated carbocycles. The molecule has 0 saturated heterocycles. The van der Waals surface area contributed by atoms with Gasteiger partial charge in [-0.1, -0.05) is 0 Å². The van der Waals surface area contributed by atoms with E-state index in [9.17, 15) is 17.2 Å². The van der Waals surface area contributed by atoms with E-state index in [2.05, 4.69) is 4.72 Å². The fourth-order valence-electron chi connectivity index (χ4n) is 1.44. The first kappa shape index (κ1) is 15.0. The average molecular weight is 279 g/mol. The number of aliphatic hydroxyl groups excluding tert-OH is 1. The molecule has 0 unspecified atom stereocenters. The maximum Gasteiger partial charge on any atom is 0.243 e. The summed E-state index contributed by atoms with van der Waals surface area (Å²) in [7, 11) is -4.09. The van der Waals surface area contributed by atoms with Crippen molar-refractivity contribution in [2.24, 2.45) is 0 Å². The standard InChI is InChI=1S/C11H15F2NO3S/c1-11(2,5-6-15)14-18(16,17)10-4-3-8(12)7-9(10)13/h3-4,7,14-15H,5-6H2,1-2H3. The lowest BCUT2D eigenvalue weighted by molar-refractivity contribution is 0.245. The fraction of sp³-hybridized carbons (Fsp3) is 0.455. The normalized spacial score (nSPS) is 12.7. The zero-order valence-corrected chi connectivity index (χ0v) is 10.9. The molecule has 0 atom stereocenters. The minimum absolute atomic E-state index is 0.176. The van der Waals surface area contributed by atoms with Crippen molar-refractivity contribution >= 4 is 10.0 Å². The molecule has 1 rings (SSSR count). The summed E-state index contributed by atoms with van der Waals surface area (Å²) < 4.78 is 52.2. The number of sulfonamides is 1. The van der Waals surface area contributed by atoms with Gasteiger partial charge in [-0.15, -0.1) is 0 Å². The highest BCUT2D eigenvalue weighted by Gasteiger charge is 2.27. The summed E-state index contributed by atoms with van der Waals surface area (Å²) >= 11 is 0. The first-order chi connectivity index (χ1) is 8.18. The van der Waals surface area contributed by atoms with Gasteiger partial charge in [0.05, 0.1) is 0 Å². The molecule has 0 aliphatic heterocycles. The van der Waals surface area contributed by atoms with E-state index >= 15 is 0 Å². The number of hydrogen-bond donors (Lipinski definition) is 2. The van der Waals surface area contributed by atoms with Crippen molar-refractivity contribution in [1.29, 1.82) is 0 Å². The molecule has 0 fully saturated rings. The van der Waals surface area contributed by atoms with Crippen molar-refractivity contribution < 1.29 is 22.3 Å². The smallest absolute Gasteiger partial charge is 0.243 e. The Labute approximate surface area is 105 Å². The molecule has 18 heavy (non-hydrogen) atoms. The summed E-state index contributed by atoms with van der Waals surface area (Å²) in [5.41, 5.74) is -0.922. The van der Waals surface area contributed by atoms with Gasteiger partial charge in [-0.2, -0.15) is 0 Å². The van der Waals surface area contributed by atoms with Gasteiger partial charge in [0.1, 0.15) is 16.5 Å². The molecule has 0 spiro atoms. The molecule has 1 aromatic carbocycles. The van der Waals surface area contributed by atoms with Crippen molar-refractivity contribution in [2.75, 3.05) is 6.61 Å². The van der Waals surface area contributed by atoms with Crippen LogP contribution in [0.2, 0.25) is 0 Å². The number of aliphatic hydroxyl groups is 1. The molecule has 0 amide bonds. The van der Waals surface area contributed by atoms with E-state index in [1.54, 1.807) is 13.8 Å². The summed E-state index contributed by atoms with van der Waals surface area (Å²) in [6, 6.07) is 2.24. The number of benzene rings is 1. The van der Waals surface area contributed by atoms with Crippen molar-refractivity contribution in [3.8, 4) is 0 Å². The fourth-order valence-corrected chi connectivity index (χ4v) is 2.94. The van der Waals surface area contributed by atoms with Crippen LogP contribution in [-0.2, 0) is 10.0 Å². The minimum atomic E-state index is -4.09. The summed E-state index contributed by atoms with van der Waals surface area (Å²) in [6.45, 7) is 2.91. The second-order valence-corrected chi connectivity index (χ2v) is 6.19. The van der Waals surface area contributed by atoms with Gasteiger partial charge in [0.2, 0.25) is 10.0 Å². The Morgan fingerprint density at radius 1 is 1.33 bits per heavy atom. The van der Waals surface area contributed by atoms with Crippen molar-refractivity contribution in [3.05, 3.63) is 29.8 Å². The third kappa shape index (κ3) is 3.72. The third-order valence-corrected chi connectivity index (χ3v) is 4.06. The SMILES string of the molecule is CC(C)(CCO)NS(=O)(=O)c1ccc(F)cc1F. The van der Waals surface area contributed by atoms with E-state index < -0.39 is 32.1 Å². The highest BCUT2D eigenvalue weighted by Crippen LogP contribution is 2.19. The summed E-state index contributed by atoms with van der Waals surface area (Å²) in [5, 5.41) is 8.80. The molecule has 2 N–H and O–H groups in total. The zero-order chi connectivity index (χ0) is 14.0. The van der Waals surface area contributed by atoms with Gasteiger partial charge < -0.3 is 5.11 Å². The Hall–Kier alpha value is -1.05. The largest absolute Gasteiger partial charge is 0.396 e. The Morgan fingerprint density at radius 2 is 1.94 bits per heavy atom.